The van der Waals surface area contributed by atoms with Crippen molar-refractivity contribution in [3.8, 4) is 5.75 Å². The highest BCUT2D eigenvalue weighted by atomic mass is 16.6. The van der Waals surface area contributed by atoms with Gasteiger partial charge < -0.3 is 4.74 Å². The third kappa shape index (κ3) is 3.88. The van der Waals surface area contributed by atoms with Crippen LogP contribution in [0.25, 0.3) is 0 Å². The average Bonchev–Trinajstić information content (AvgIpc) is 2.55. The number of nitro groups is 2. The summed E-state index contributed by atoms with van der Waals surface area (Å²) in [7, 11) is 0. The third-order valence-corrected chi connectivity index (χ3v) is 3.10. The second-order valence-corrected chi connectivity index (χ2v) is 4.64. The standard InChI is InChI=1S/C15H12N2O6/c1-2-10-3-5-14(6-4-10)23-15(18)11-7-12(16(19)20)9-13(8-11)17(21)22/h3-9H,2H2,1H3. The summed E-state index contributed by atoms with van der Waals surface area (Å²) in [6.45, 7) is 1.98. The zero-order valence-corrected chi connectivity index (χ0v) is 12.1. The Bertz CT molecular complexity index is 738. The number of ether oxygens (including phenoxy) is 1. The molecule has 8 heteroatoms. The summed E-state index contributed by atoms with van der Waals surface area (Å²) in [5.74, 6) is -0.651. The van der Waals surface area contributed by atoms with Gasteiger partial charge in [0.2, 0.25) is 0 Å². The Morgan fingerprint density at radius 2 is 1.52 bits per heavy atom. The Balaban J connectivity index is 2.30. The Kier molecular flexibility index (Phi) is 4.65. The highest BCUT2D eigenvalue weighted by Crippen LogP contribution is 2.24. The maximum absolute atomic E-state index is 12.1. The molecule has 0 saturated carbocycles. The lowest BCUT2D eigenvalue weighted by Gasteiger charge is -2.05. The van der Waals surface area contributed by atoms with E-state index in [1.165, 1.54) is 0 Å². The van der Waals surface area contributed by atoms with Crippen LogP contribution in [0, 0.1) is 20.2 Å². The van der Waals surface area contributed by atoms with Crippen molar-refractivity contribution < 1.29 is 19.4 Å². The summed E-state index contributed by atoms with van der Waals surface area (Å²) in [6, 6.07) is 9.39. The quantitative estimate of drug-likeness (QED) is 0.362. The first-order chi connectivity index (χ1) is 10.9. The molecule has 0 saturated heterocycles. The molecule has 2 aromatic rings. The summed E-state index contributed by atoms with van der Waals surface area (Å²) < 4.78 is 5.09. The smallest absolute Gasteiger partial charge is 0.344 e. The SMILES string of the molecule is CCc1ccc(OC(=O)c2cc([N+](=O)[O-])cc([N+](=O)[O-])c2)cc1. The number of carbonyl (C=O) groups is 1. The Hall–Kier alpha value is -3.29. The summed E-state index contributed by atoms with van der Waals surface area (Å²) in [4.78, 5) is 32.1. The number of aryl methyl sites for hydroxylation is 1. The minimum atomic E-state index is -0.902. The van der Waals surface area contributed by atoms with Crippen molar-refractivity contribution >= 4 is 17.3 Å². The lowest BCUT2D eigenvalue weighted by atomic mass is 10.1. The highest BCUT2D eigenvalue weighted by molar-refractivity contribution is 5.92. The summed E-state index contributed by atoms with van der Waals surface area (Å²) >= 11 is 0. The number of benzene rings is 2. The number of non-ortho nitro benzene ring substituents is 2. The molecule has 0 bridgehead atoms. The average molecular weight is 316 g/mol. The van der Waals surface area contributed by atoms with E-state index in [2.05, 4.69) is 0 Å². The minimum Gasteiger partial charge on any atom is -0.423 e. The maximum Gasteiger partial charge on any atom is 0.344 e. The van der Waals surface area contributed by atoms with Crippen LogP contribution in [0.5, 0.6) is 5.75 Å². The van der Waals surface area contributed by atoms with Crippen molar-refractivity contribution in [3.05, 3.63) is 73.8 Å². The van der Waals surface area contributed by atoms with Crippen LogP contribution >= 0.6 is 0 Å². The summed E-state index contributed by atoms with van der Waals surface area (Å²) in [6.07, 6.45) is 0.825. The van der Waals surface area contributed by atoms with Crippen molar-refractivity contribution in [2.45, 2.75) is 13.3 Å². The zero-order valence-electron chi connectivity index (χ0n) is 12.1. The summed E-state index contributed by atoms with van der Waals surface area (Å²) in [5, 5.41) is 21.6. The Morgan fingerprint density at radius 1 is 1.00 bits per heavy atom. The predicted molar refractivity (Wildman–Crippen MR) is 80.5 cm³/mol. The maximum atomic E-state index is 12.1. The van der Waals surface area contributed by atoms with E-state index in [1.807, 2.05) is 6.92 Å². The fraction of sp³-hybridized carbons (Fsp3) is 0.133. The Morgan fingerprint density at radius 3 is 1.96 bits per heavy atom. The van der Waals surface area contributed by atoms with Crippen molar-refractivity contribution in [2.24, 2.45) is 0 Å². The van der Waals surface area contributed by atoms with E-state index in [4.69, 9.17) is 4.74 Å². The van der Waals surface area contributed by atoms with Gasteiger partial charge in [-0.2, -0.15) is 0 Å². The first kappa shape index (κ1) is 16.1. The lowest BCUT2D eigenvalue weighted by molar-refractivity contribution is -0.394. The number of hydrogen-bond donors (Lipinski definition) is 0. The zero-order chi connectivity index (χ0) is 17.0. The lowest BCUT2D eigenvalue weighted by Crippen LogP contribution is -2.09. The van der Waals surface area contributed by atoms with Crippen molar-refractivity contribution in [1.82, 2.24) is 0 Å². The van der Waals surface area contributed by atoms with E-state index < -0.39 is 27.2 Å². The molecule has 0 unspecified atom stereocenters. The van der Waals surface area contributed by atoms with Crippen LogP contribution in [-0.4, -0.2) is 15.8 Å². The van der Waals surface area contributed by atoms with Crippen LogP contribution in [-0.2, 0) is 6.42 Å². The van der Waals surface area contributed by atoms with Crippen LogP contribution in [0.1, 0.15) is 22.8 Å². The van der Waals surface area contributed by atoms with Gasteiger partial charge in [-0.3, -0.25) is 20.2 Å². The van der Waals surface area contributed by atoms with Gasteiger partial charge in [-0.05, 0) is 24.1 Å². The van der Waals surface area contributed by atoms with Crippen molar-refractivity contribution in [3.63, 3.8) is 0 Å². The van der Waals surface area contributed by atoms with E-state index in [0.717, 1.165) is 30.2 Å². The van der Waals surface area contributed by atoms with Gasteiger partial charge in [0.1, 0.15) is 5.75 Å². The number of nitrogens with zero attached hydrogens (tertiary/aromatic N) is 2. The minimum absolute atomic E-state index is 0.251. The molecule has 0 amide bonds. The molecule has 0 spiro atoms. The number of nitro benzene ring substituents is 2. The van der Waals surface area contributed by atoms with Gasteiger partial charge >= 0.3 is 5.97 Å². The van der Waals surface area contributed by atoms with Crippen molar-refractivity contribution in [2.75, 3.05) is 0 Å². The normalized spacial score (nSPS) is 10.1. The fourth-order valence-corrected chi connectivity index (χ4v) is 1.88. The molecular weight excluding hydrogens is 304 g/mol. The van der Waals surface area contributed by atoms with Crippen molar-refractivity contribution in [1.29, 1.82) is 0 Å². The van der Waals surface area contributed by atoms with Crippen LogP contribution in [0.15, 0.2) is 42.5 Å². The van der Waals surface area contributed by atoms with Crippen LogP contribution in [0.3, 0.4) is 0 Å². The molecule has 0 radical (unpaired) electrons. The number of rotatable bonds is 5. The topological polar surface area (TPSA) is 113 Å². The van der Waals surface area contributed by atoms with Gasteiger partial charge in [0.25, 0.3) is 11.4 Å². The molecule has 0 aliphatic carbocycles. The van der Waals surface area contributed by atoms with Crippen LogP contribution in [0.2, 0.25) is 0 Å². The molecule has 0 aromatic heterocycles. The van der Waals surface area contributed by atoms with Gasteiger partial charge in [-0.1, -0.05) is 19.1 Å². The van der Waals surface area contributed by atoms with Gasteiger partial charge in [0, 0.05) is 12.1 Å². The number of esters is 1. The fourth-order valence-electron chi connectivity index (χ4n) is 1.88. The van der Waals surface area contributed by atoms with Crippen LogP contribution in [0.4, 0.5) is 11.4 Å². The van der Waals surface area contributed by atoms with E-state index in [0.29, 0.717) is 0 Å². The molecule has 0 heterocycles. The molecule has 23 heavy (non-hydrogen) atoms. The second-order valence-electron chi connectivity index (χ2n) is 4.64. The van der Waals surface area contributed by atoms with E-state index in [9.17, 15) is 25.0 Å². The molecule has 0 fully saturated rings. The summed E-state index contributed by atoms with van der Waals surface area (Å²) in [5.41, 5.74) is -0.304. The number of carbonyl (C=O) groups excluding carboxylic acids is 1. The predicted octanol–water partition coefficient (Wildman–Crippen LogP) is 3.28. The molecule has 2 rings (SSSR count). The monoisotopic (exact) mass is 316 g/mol. The molecule has 0 atom stereocenters. The molecule has 0 aliphatic rings. The third-order valence-electron chi connectivity index (χ3n) is 3.10. The van der Waals surface area contributed by atoms with Gasteiger partial charge in [-0.15, -0.1) is 0 Å². The first-order valence-corrected chi connectivity index (χ1v) is 6.65. The largest absolute Gasteiger partial charge is 0.423 e. The van der Waals surface area contributed by atoms with Gasteiger partial charge in [0.05, 0.1) is 21.5 Å². The molecule has 2 aromatic carbocycles. The van der Waals surface area contributed by atoms with E-state index in [-0.39, 0.29) is 11.3 Å². The molecule has 0 N–H and O–H groups in total. The van der Waals surface area contributed by atoms with E-state index >= 15 is 0 Å². The highest BCUT2D eigenvalue weighted by Gasteiger charge is 2.21. The van der Waals surface area contributed by atoms with Gasteiger partial charge in [0.15, 0.2) is 0 Å². The molecule has 118 valence electrons. The molecule has 8 nitrogen and oxygen atoms in total. The number of hydrogen-bond acceptors (Lipinski definition) is 6. The molecular formula is C15H12N2O6. The second kappa shape index (κ2) is 6.65. The molecule has 0 aliphatic heterocycles. The van der Waals surface area contributed by atoms with E-state index in [1.54, 1.807) is 24.3 Å². The van der Waals surface area contributed by atoms with Gasteiger partial charge in [-0.25, -0.2) is 4.79 Å². The van der Waals surface area contributed by atoms with Crippen LogP contribution < -0.4 is 4.74 Å². The first-order valence-electron chi connectivity index (χ1n) is 6.65. The Labute approximate surface area is 130 Å².